The quantitative estimate of drug-likeness (QED) is 0.689. The third kappa shape index (κ3) is 6.91. The lowest BCUT2D eigenvalue weighted by atomic mass is 9.97. The second-order valence-corrected chi connectivity index (χ2v) is 6.74. The smallest absolute Gasteiger partial charge is 0.410 e. The third-order valence-corrected chi connectivity index (χ3v) is 4.72. The number of unbranched alkanes of at least 4 members (excludes halogenated alkanes) is 3. The maximum Gasteiger partial charge on any atom is 0.410 e. The number of benzene rings is 1. The monoisotopic (exact) mass is 332 g/mol. The van der Waals surface area contributed by atoms with E-state index in [1.54, 1.807) is 0 Å². The van der Waals surface area contributed by atoms with Crippen LogP contribution in [-0.4, -0.2) is 37.2 Å². The molecule has 1 N–H and O–H groups in total. The Morgan fingerprint density at radius 3 is 2.62 bits per heavy atom. The van der Waals surface area contributed by atoms with Gasteiger partial charge in [-0.05, 0) is 43.8 Å². The molecule has 0 unspecified atom stereocenters. The number of piperidine rings is 1. The van der Waals surface area contributed by atoms with E-state index in [2.05, 4.69) is 12.2 Å². The average molecular weight is 332 g/mol. The molecule has 1 aliphatic heterocycles. The summed E-state index contributed by atoms with van der Waals surface area (Å²) >= 11 is 0. The van der Waals surface area contributed by atoms with Gasteiger partial charge in [-0.1, -0.05) is 56.5 Å². The van der Waals surface area contributed by atoms with E-state index in [-0.39, 0.29) is 6.09 Å². The zero-order chi connectivity index (χ0) is 17.0. The van der Waals surface area contributed by atoms with Gasteiger partial charge in [0.15, 0.2) is 0 Å². The topological polar surface area (TPSA) is 41.6 Å². The molecule has 1 aromatic rings. The summed E-state index contributed by atoms with van der Waals surface area (Å²) in [7, 11) is 0. The molecule has 0 bridgehead atoms. The highest BCUT2D eigenvalue weighted by Gasteiger charge is 2.23. The standard InChI is InChI=1S/C20H32N2O2/c1-2-3-4-8-13-21-16-18-11-14-22(15-12-18)20(23)24-17-19-9-6-5-7-10-19/h5-7,9-10,18,21H,2-4,8,11-17H2,1H3. The van der Waals surface area contributed by atoms with Gasteiger partial charge in [-0.15, -0.1) is 0 Å². The highest BCUT2D eigenvalue weighted by molar-refractivity contribution is 5.67. The van der Waals surface area contributed by atoms with Gasteiger partial charge >= 0.3 is 6.09 Å². The summed E-state index contributed by atoms with van der Waals surface area (Å²) in [6.45, 7) is 6.44. The van der Waals surface area contributed by atoms with Crippen LogP contribution in [0.4, 0.5) is 4.79 Å². The van der Waals surface area contributed by atoms with Crippen LogP contribution < -0.4 is 5.32 Å². The molecule has 1 amide bonds. The minimum absolute atomic E-state index is 0.176. The first-order valence-electron chi connectivity index (χ1n) is 9.46. The fraction of sp³-hybridized carbons (Fsp3) is 0.650. The van der Waals surface area contributed by atoms with Crippen molar-refractivity contribution >= 4 is 6.09 Å². The van der Waals surface area contributed by atoms with Crippen molar-refractivity contribution in [3.05, 3.63) is 35.9 Å². The summed E-state index contributed by atoms with van der Waals surface area (Å²) in [6, 6.07) is 9.85. The number of hydrogen-bond donors (Lipinski definition) is 1. The van der Waals surface area contributed by atoms with Gasteiger partial charge in [-0.25, -0.2) is 4.79 Å². The van der Waals surface area contributed by atoms with E-state index in [1.165, 1.54) is 25.7 Å². The van der Waals surface area contributed by atoms with E-state index in [0.717, 1.165) is 44.6 Å². The SMILES string of the molecule is CCCCCCNCC1CCN(C(=O)OCc2ccccc2)CC1. The molecule has 1 aliphatic rings. The van der Waals surface area contributed by atoms with Gasteiger partial charge in [0.05, 0.1) is 0 Å². The van der Waals surface area contributed by atoms with Crippen molar-refractivity contribution in [2.45, 2.75) is 52.1 Å². The second kappa shape index (κ2) is 11.1. The summed E-state index contributed by atoms with van der Waals surface area (Å²) in [5, 5.41) is 3.57. The summed E-state index contributed by atoms with van der Waals surface area (Å²) in [5.74, 6) is 0.689. The Morgan fingerprint density at radius 2 is 1.92 bits per heavy atom. The maximum absolute atomic E-state index is 12.1. The van der Waals surface area contributed by atoms with Crippen molar-refractivity contribution < 1.29 is 9.53 Å². The summed E-state index contributed by atoms with van der Waals surface area (Å²) in [4.78, 5) is 14.0. The lowest BCUT2D eigenvalue weighted by Gasteiger charge is -2.31. The molecule has 1 fully saturated rings. The maximum atomic E-state index is 12.1. The van der Waals surface area contributed by atoms with Crippen LogP contribution in [0.3, 0.4) is 0 Å². The van der Waals surface area contributed by atoms with E-state index >= 15 is 0 Å². The van der Waals surface area contributed by atoms with Crippen LogP contribution in [0.2, 0.25) is 0 Å². The van der Waals surface area contributed by atoms with Crippen molar-refractivity contribution in [3.63, 3.8) is 0 Å². The van der Waals surface area contributed by atoms with Crippen molar-refractivity contribution in [2.75, 3.05) is 26.2 Å². The van der Waals surface area contributed by atoms with E-state index in [4.69, 9.17) is 4.74 Å². The normalized spacial score (nSPS) is 15.5. The molecular formula is C20H32N2O2. The molecule has 4 heteroatoms. The minimum atomic E-state index is -0.176. The Hall–Kier alpha value is -1.55. The van der Waals surface area contributed by atoms with Gasteiger partial charge in [0.1, 0.15) is 6.61 Å². The van der Waals surface area contributed by atoms with Crippen LogP contribution in [0.5, 0.6) is 0 Å². The number of carbonyl (C=O) groups excluding carboxylic acids is 1. The Balaban J connectivity index is 1.56. The number of likely N-dealkylation sites (tertiary alicyclic amines) is 1. The highest BCUT2D eigenvalue weighted by atomic mass is 16.6. The van der Waals surface area contributed by atoms with Crippen LogP contribution >= 0.6 is 0 Å². The van der Waals surface area contributed by atoms with Gasteiger partial charge in [-0.2, -0.15) is 0 Å². The van der Waals surface area contributed by atoms with Crippen molar-refractivity contribution in [1.82, 2.24) is 10.2 Å². The molecule has 0 atom stereocenters. The van der Waals surface area contributed by atoms with Crippen LogP contribution in [0, 0.1) is 5.92 Å². The molecule has 0 aliphatic carbocycles. The predicted molar refractivity (Wildman–Crippen MR) is 97.9 cm³/mol. The molecule has 24 heavy (non-hydrogen) atoms. The predicted octanol–water partition coefficient (Wildman–Crippen LogP) is 4.21. The molecule has 1 saturated heterocycles. The van der Waals surface area contributed by atoms with Crippen LogP contribution in [0.1, 0.15) is 51.0 Å². The number of carbonyl (C=O) groups is 1. The van der Waals surface area contributed by atoms with Gasteiger partial charge in [0.2, 0.25) is 0 Å². The number of hydrogen-bond acceptors (Lipinski definition) is 3. The highest BCUT2D eigenvalue weighted by Crippen LogP contribution is 2.17. The largest absolute Gasteiger partial charge is 0.445 e. The number of amides is 1. The Labute approximate surface area is 146 Å². The molecule has 134 valence electrons. The average Bonchev–Trinajstić information content (AvgIpc) is 2.64. The van der Waals surface area contributed by atoms with E-state index in [9.17, 15) is 4.79 Å². The molecular weight excluding hydrogens is 300 g/mol. The molecule has 0 radical (unpaired) electrons. The molecule has 4 nitrogen and oxygen atoms in total. The molecule has 0 saturated carbocycles. The second-order valence-electron chi connectivity index (χ2n) is 6.74. The van der Waals surface area contributed by atoms with Gasteiger partial charge in [-0.3, -0.25) is 0 Å². The summed E-state index contributed by atoms with van der Waals surface area (Å²) in [5.41, 5.74) is 1.04. The van der Waals surface area contributed by atoms with Gasteiger partial charge in [0, 0.05) is 13.1 Å². The molecule has 1 aromatic carbocycles. The minimum Gasteiger partial charge on any atom is -0.445 e. The molecule has 2 rings (SSSR count). The third-order valence-electron chi connectivity index (χ3n) is 4.72. The number of nitrogens with one attached hydrogen (secondary N) is 1. The van der Waals surface area contributed by atoms with E-state index in [0.29, 0.717) is 12.5 Å². The lowest BCUT2D eigenvalue weighted by Crippen LogP contribution is -2.41. The van der Waals surface area contributed by atoms with Crippen molar-refractivity contribution in [2.24, 2.45) is 5.92 Å². The zero-order valence-electron chi connectivity index (χ0n) is 15.0. The van der Waals surface area contributed by atoms with Crippen LogP contribution in [0.25, 0.3) is 0 Å². The van der Waals surface area contributed by atoms with Gasteiger partial charge in [0.25, 0.3) is 0 Å². The first kappa shape index (κ1) is 18.8. The van der Waals surface area contributed by atoms with E-state index in [1.807, 2.05) is 35.2 Å². The number of ether oxygens (including phenoxy) is 1. The first-order valence-corrected chi connectivity index (χ1v) is 9.46. The van der Waals surface area contributed by atoms with E-state index < -0.39 is 0 Å². The van der Waals surface area contributed by atoms with Gasteiger partial charge < -0.3 is 15.0 Å². The molecule has 1 heterocycles. The zero-order valence-corrected chi connectivity index (χ0v) is 15.0. The number of rotatable bonds is 9. The number of nitrogens with zero attached hydrogens (tertiary/aromatic N) is 1. The Kier molecular flexibility index (Phi) is 8.67. The molecule has 0 aromatic heterocycles. The van der Waals surface area contributed by atoms with Crippen LogP contribution in [0.15, 0.2) is 30.3 Å². The lowest BCUT2D eigenvalue weighted by molar-refractivity contribution is 0.0822. The molecule has 0 spiro atoms. The summed E-state index contributed by atoms with van der Waals surface area (Å²) in [6.07, 6.45) is 7.20. The Bertz CT molecular complexity index is 456. The van der Waals surface area contributed by atoms with Crippen molar-refractivity contribution in [3.8, 4) is 0 Å². The van der Waals surface area contributed by atoms with Crippen molar-refractivity contribution in [1.29, 1.82) is 0 Å². The summed E-state index contributed by atoms with van der Waals surface area (Å²) < 4.78 is 5.41. The fourth-order valence-electron chi connectivity index (χ4n) is 3.11. The first-order chi connectivity index (χ1) is 11.8. The fourth-order valence-corrected chi connectivity index (χ4v) is 3.11. The van der Waals surface area contributed by atoms with Crippen LogP contribution in [-0.2, 0) is 11.3 Å². The Morgan fingerprint density at radius 1 is 1.17 bits per heavy atom.